The number of piperidine rings is 1. The van der Waals surface area contributed by atoms with Crippen LogP contribution in [0, 0.1) is 6.92 Å². The summed E-state index contributed by atoms with van der Waals surface area (Å²) in [5.74, 6) is 1.72. The Morgan fingerprint density at radius 3 is 3.19 bits per heavy atom. The molecule has 2 rings (SSSR count). The Labute approximate surface area is 97.0 Å². The van der Waals surface area contributed by atoms with Gasteiger partial charge < -0.3 is 14.6 Å². The normalized spacial score (nSPS) is 22.5. The fraction of sp³-hybridized carbons (Fsp3) is 0.750. The third kappa shape index (κ3) is 2.83. The van der Waals surface area contributed by atoms with Gasteiger partial charge in [-0.3, -0.25) is 0 Å². The average Bonchev–Trinajstić information content (AvgIpc) is 2.74. The minimum Gasteiger partial charge on any atom is -0.383 e. The lowest BCUT2D eigenvalue weighted by Crippen LogP contribution is -2.36. The Hall–Kier alpha value is -0.870. The second kappa shape index (κ2) is 5.46. The van der Waals surface area contributed by atoms with Crippen LogP contribution in [-0.2, 0) is 4.74 Å². The van der Waals surface area contributed by atoms with E-state index < -0.39 is 0 Å². The molecule has 0 amide bonds. The van der Waals surface area contributed by atoms with Crippen molar-refractivity contribution >= 4 is 0 Å². The molecular formula is C12H21N3O. The summed E-state index contributed by atoms with van der Waals surface area (Å²) < 4.78 is 5.12. The van der Waals surface area contributed by atoms with Gasteiger partial charge in [-0.1, -0.05) is 0 Å². The lowest BCUT2D eigenvalue weighted by molar-refractivity contribution is 0.127. The van der Waals surface area contributed by atoms with Gasteiger partial charge in [0.05, 0.1) is 6.61 Å². The van der Waals surface area contributed by atoms with Gasteiger partial charge >= 0.3 is 0 Å². The van der Waals surface area contributed by atoms with Crippen molar-refractivity contribution in [3.8, 4) is 0 Å². The van der Waals surface area contributed by atoms with Gasteiger partial charge in [-0.05, 0) is 26.3 Å². The number of methoxy groups -OCH3 is 1. The van der Waals surface area contributed by atoms with Crippen molar-refractivity contribution < 1.29 is 4.74 Å². The largest absolute Gasteiger partial charge is 0.383 e. The van der Waals surface area contributed by atoms with Crippen molar-refractivity contribution in [1.29, 1.82) is 0 Å². The van der Waals surface area contributed by atoms with Crippen molar-refractivity contribution in [2.45, 2.75) is 25.7 Å². The topological polar surface area (TPSA) is 41.1 Å². The number of hydrogen-bond acceptors (Lipinski definition) is 3. The fourth-order valence-electron chi connectivity index (χ4n) is 2.34. The number of hydrogen-bond donors (Lipinski definition) is 1. The Morgan fingerprint density at radius 1 is 1.62 bits per heavy atom. The highest BCUT2D eigenvalue weighted by atomic mass is 16.5. The smallest absolute Gasteiger partial charge is 0.110 e. The summed E-state index contributed by atoms with van der Waals surface area (Å²) in [6, 6.07) is 0. The van der Waals surface area contributed by atoms with Crippen LogP contribution in [0.4, 0.5) is 0 Å². The highest BCUT2D eigenvalue weighted by molar-refractivity contribution is 5.05. The number of H-pyrrole nitrogens is 1. The number of nitrogens with zero attached hydrogens (tertiary/aromatic N) is 2. The van der Waals surface area contributed by atoms with Gasteiger partial charge in [0.15, 0.2) is 0 Å². The van der Waals surface area contributed by atoms with Crippen LogP contribution in [0.25, 0.3) is 0 Å². The molecule has 2 heterocycles. The van der Waals surface area contributed by atoms with Crippen LogP contribution in [0.3, 0.4) is 0 Å². The molecule has 16 heavy (non-hydrogen) atoms. The second-order valence-corrected chi connectivity index (χ2v) is 4.58. The summed E-state index contributed by atoms with van der Waals surface area (Å²) in [6.45, 7) is 6.22. The molecule has 0 spiro atoms. The first-order valence-electron chi connectivity index (χ1n) is 6.02. The first kappa shape index (κ1) is 11.6. The molecule has 1 saturated heterocycles. The van der Waals surface area contributed by atoms with Crippen LogP contribution >= 0.6 is 0 Å². The molecule has 4 nitrogen and oxygen atoms in total. The van der Waals surface area contributed by atoms with E-state index in [0.717, 1.165) is 31.2 Å². The maximum Gasteiger partial charge on any atom is 0.110 e. The van der Waals surface area contributed by atoms with Crippen LogP contribution in [-0.4, -0.2) is 48.2 Å². The van der Waals surface area contributed by atoms with Crippen molar-refractivity contribution in [1.82, 2.24) is 14.9 Å². The van der Waals surface area contributed by atoms with E-state index >= 15 is 0 Å². The molecule has 90 valence electrons. The second-order valence-electron chi connectivity index (χ2n) is 4.58. The molecule has 0 aromatic carbocycles. The minimum absolute atomic E-state index is 0.569. The van der Waals surface area contributed by atoms with Gasteiger partial charge in [-0.25, -0.2) is 4.98 Å². The summed E-state index contributed by atoms with van der Waals surface area (Å²) in [4.78, 5) is 10.3. The molecule has 1 aliphatic heterocycles. The minimum atomic E-state index is 0.569. The molecule has 1 fully saturated rings. The lowest BCUT2D eigenvalue weighted by Gasteiger charge is -2.31. The zero-order valence-electron chi connectivity index (χ0n) is 10.2. The Bertz CT molecular complexity index is 324. The predicted molar refractivity (Wildman–Crippen MR) is 63.6 cm³/mol. The molecule has 1 aromatic heterocycles. The van der Waals surface area contributed by atoms with E-state index in [-0.39, 0.29) is 0 Å². The van der Waals surface area contributed by atoms with E-state index in [1.54, 1.807) is 7.11 Å². The van der Waals surface area contributed by atoms with Crippen LogP contribution in [0.1, 0.15) is 30.3 Å². The first-order valence-corrected chi connectivity index (χ1v) is 6.02. The molecule has 0 radical (unpaired) electrons. The first-order chi connectivity index (χ1) is 7.79. The molecule has 0 saturated carbocycles. The van der Waals surface area contributed by atoms with E-state index in [2.05, 4.69) is 21.8 Å². The van der Waals surface area contributed by atoms with E-state index in [0.29, 0.717) is 5.92 Å². The molecule has 1 aromatic rings. The van der Waals surface area contributed by atoms with Gasteiger partial charge in [-0.2, -0.15) is 0 Å². The predicted octanol–water partition coefficient (Wildman–Crippen LogP) is 1.54. The number of aryl methyl sites for hydroxylation is 1. The summed E-state index contributed by atoms with van der Waals surface area (Å²) in [7, 11) is 1.76. The van der Waals surface area contributed by atoms with Crippen LogP contribution in [0.5, 0.6) is 0 Å². The monoisotopic (exact) mass is 223 g/mol. The SMILES string of the molecule is COCCN1CCC[C@@H](c2ncc(C)[nH]2)C1. The van der Waals surface area contributed by atoms with Crippen molar-refractivity contribution in [2.24, 2.45) is 0 Å². The number of aromatic amines is 1. The maximum absolute atomic E-state index is 5.12. The molecular weight excluding hydrogens is 202 g/mol. The van der Waals surface area contributed by atoms with Crippen molar-refractivity contribution in [3.63, 3.8) is 0 Å². The molecule has 1 aliphatic rings. The fourth-order valence-corrected chi connectivity index (χ4v) is 2.34. The molecule has 0 bridgehead atoms. The zero-order valence-corrected chi connectivity index (χ0v) is 10.2. The summed E-state index contributed by atoms with van der Waals surface area (Å²) in [6.07, 6.45) is 4.42. The molecule has 1 atom stereocenters. The van der Waals surface area contributed by atoms with Gasteiger partial charge in [0, 0.05) is 38.0 Å². The van der Waals surface area contributed by atoms with Crippen molar-refractivity contribution in [3.05, 3.63) is 17.7 Å². The standard InChI is InChI=1S/C12H21N3O/c1-10-8-13-12(14-10)11-4-3-5-15(9-11)6-7-16-2/h8,11H,3-7,9H2,1-2H3,(H,13,14)/t11-/m1/s1. The van der Waals surface area contributed by atoms with Gasteiger partial charge in [0.2, 0.25) is 0 Å². The molecule has 1 N–H and O–H groups in total. The quantitative estimate of drug-likeness (QED) is 0.842. The number of likely N-dealkylation sites (tertiary alicyclic amines) is 1. The van der Waals surface area contributed by atoms with E-state index in [4.69, 9.17) is 4.74 Å². The summed E-state index contributed by atoms with van der Waals surface area (Å²) in [5, 5.41) is 0. The number of ether oxygens (including phenoxy) is 1. The Kier molecular flexibility index (Phi) is 3.96. The molecule has 4 heteroatoms. The number of aromatic nitrogens is 2. The van der Waals surface area contributed by atoms with E-state index in [9.17, 15) is 0 Å². The summed E-state index contributed by atoms with van der Waals surface area (Å²) in [5.41, 5.74) is 1.16. The van der Waals surface area contributed by atoms with Gasteiger partial charge in [0.1, 0.15) is 5.82 Å². The average molecular weight is 223 g/mol. The number of nitrogens with one attached hydrogen (secondary N) is 1. The highest BCUT2D eigenvalue weighted by Gasteiger charge is 2.22. The third-order valence-corrected chi connectivity index (χ3v) is 3.23. The molecule has 0 unspecified atom stereocenters. The van der Waals surface area contributed by atoms with E-state index in [1.807, 2.05) is 6.20 Å². The van der Waals surface area contributed by atoms with Crippen LogP contribution in [0.15, 0.2) is 6.20 Å². The summed E-state index contributed by atoms with van der Waals surface area (Å²) >= 11 is 0. The van der Waals surface area contributed by atoms with Crippen molar-refractivity contribution in [2.75, 3.05) is 33.4 Å². The number of rotatable bonds is 4. The third-order valence-electron chi connectivity index (χ3n) is 3.23. The zero-order chi connectivity index (χ0) is 11.4. The Balaban J connectivity index is 1.91. The number of imidazole rings is 1. The van der Waals surface area contributed by atoms with Crippen LogP contribution < -0.4 is 0 Å². The van der Waals surface area contributed by atoms with Gasteiger partial charge in [-0.15, -0.1) is 0 Å². The van der Waals surface area contributed by atoms with Gasteiger partial charge in [0.25, 0.3) is 0 Å². The van der Waals surface area contributed by atoms with Crippen LogP contribution in [0.2, 0.25) is 0 Å². The lowest BCUT2D eigenvalue weighted by atomic mass is 9.97. The molecule has 0 aliphatic carbocycles. The Morgan fingerprint density at radius 2 is 2.50 bits per heavy atom. The highest BCUT2D eigenvalue weighted by Crippen LogP contribution is 2.24. The van der Waals surface area contributed by atoms with E-state index in [1.165, 1.54) is 19.4 Å². The maximum atomic E-state index is 5.12.